The van der Waals surface area contributed by atoms with Crippen LogP contribution in [-0.4, -0.2) is 26.0 Å². The normalized spacial score (nSPS) is 10.7. The Kier molecular flexibility index (Phi) is 3.98. The molecule has 0 aliphatic carbocycles. The summed E-state index contributed by atoms with van der Waals surface area (Å²) in [6.45, 7) is 0. The molecule has 23 heavy (non-hydrogen) atoms. The van der Waals surface area contributed by atoms with Crippen LogP contribution in [0.25, 0.3) is 16.9 Å². The van der Waals surface area contributed by atoms with Crippen molar-refractivity contribution < 1.29 is 15.0 Å². The second-order valence-corrected chi connectivity index (χ2v) is 5.56. The second-order valence-electron chi connectivity index (χ2n) is 4.72. The van der Waals surface area contributed by atoms with Gasteiger partial charge in [-0.2, -0.15) is 5.10 Å². The average molecular weight is 349 g/mol. The number of halogens is 2. The van der Waals surface area contributed by atoms with Crippen LogP contribution < -0.4 is 0 Å². The van der Waals surface area contributed by atoms with Crippen LogP contribution in [0.15, 0.2) is 48.5 Å². The molecule has 0 amide bonds. The highest BCUT2D eigenvalue weighted by Crippen LogP contribution is 2.36. The Morgan fingerprint density at radius 2 is 1.70 bits per heavy atom. The predicted molar refractivity (Wildman–Crippen MR) is 87.6 cm³/mol. The Labute approximate surface area is 141 Å². The van der Waals surface area contributed by atoms with Crippen molar-refractivity contribution in [2.45, 2.75) is 0 Å². The number of benzene rings is 2. The van der Waals surface area contributed by atoms with Gasteiger partial charge in [0.25, 0.3) is 0 Å². The van der Waals surface area contributed by atoms with Crippen molar-refractivity contribution in [3.05, 3.63) is 64.3 Å². The first-order chi connectivity index (χ1) is 11.0. The Morgan fingerprint density at radius 1 is 1.04 bits per heavy atom. The molecule has 3 aromatic rings. The van der Waals surface area contributed by atoms with E-state index in [1.807, 2.05) is 0 Å². The molecule has 2 aromatic carbocycles. The van der Waals surface area contributed by atoms with Crippen LogP contribution in [0.2, 0.25) is 10.0 Å². The minimum atomic E-state index is -1.33. The molecular weight excluding hydrogens is 339 g/mol. The first-order valence-electron chi connectivity index (χ1n) is 6.55. The van der Waals surface area contributed by atoms with Crippen molar-refractivity contribution in [3.63, 3.8) is 0 Å². The van der Waals surface area contributed by atoms with Gasteiger partial charge in [0.1, 0.15) is 5.69 Å². The molecule has 3 rings (SSSR count). The number of hydrogen-bond donors (Lipinski definition) is 2. The van der Waals surface area contributed by atoms with Crippen LogP contribution in [0.1, 0.15) is 10.5 Å². The van der Waals surface area contributed by atoms with E-state index in [9.17, 15) is 15.0 Å². The zero-order chi connectivity index (χ0) is 16.6. The zero-order valence-corrected chi connectivity index (χ0v) is 13.1. The first kappa shape index (κ1) is 15.4. The van der Waals surface area contributed by atoms with E-state index in [0.29, 0.717) is 21.3 Å². The van der Waals surface area contributed by atoms with Gasteiger partial charge in [-0.3, -0.25) is 0 Å². The number of rotatable bonds is 3. The number of hydrogen-bond acceptors (Lipinski definition) is 3. The zero-order valence-electron chi connectivity index (χ0n) is 11.6. The van der Waals surface area contributed by atoms with Crippen molar-refractivity contribution in [3.8, 4) is 22.7 Å². The summed E-state index contributed by atoms with van der Waals surface area (Å²) in [5.74, 6) is -1.76. The maximum atomic E-state index is 11.3. The molecule has 0 spiro atoms. The summed E-state index contributed by atoms with van der Waals surface area (Å²) in [6, 6.07) is 13.4. The standard InChI is InChI=1S/C16H10Cl2N2O3/c17-10-7-5-9(6-8-10)14-15(21)13(16(22)23)19-20(14)12-4-2-1-3-11(12)18/h1-8,21H,(H,22,23). The van der Waals surface area contributed by atoms with Gasteiger partial charge in [0, 0.05) is 10.6 Å². The Hall–Kier alpha value is -2.50. The molecule has 2 N–H and O–H groups in total. The molecule has 1 heterocycles. The number of carbonyl (C=O) groups is 1. The number of aromatic hydroxyl groups is 1. The topological polar surface area (TPSA) is 75.3 Å². The average Bonchev–Trinajstić information content (AvgIpc) is 2.86. The van der Waals surface area contributed by atoms with Crippen molar-refractivity contribution in [1.82, 2.24) is 9.78 Å². The van der Waals surface area contributed by atoms with Gasteiger partial charge in [-0.1, -0.05) is 47.5 Å². The van der Waals surface area contributed by atoms with Gasteiger partial charge in [-0.05, 0) is 24.3 Å². The fourth-order valence-corrected chi connectivity index (χ4v) is 2.56. The molecule has 0 atom stereocenters. The number of carboxylic acid groups (broad SMARTS) is 1. The predicted octanol–water partition coefficient (Wildman–Crippen LogP) is 4.25. The molecule has 116 valence electrons. The fraction of sp³-hybridized carbons (Fsp3) is 0. The summed E-state index contributed by atoms with van der Waals surface area (Å²) in [6.07, 6.45) is 0. The Balaban J connectivity index is 2.31. The van der Waals surface area contributed by atoms with E-state index >= 15 is 0 Å². The molecule has 0 bridgehead atoms. The summed E-state index contributed by atoms with van der Waals surface area (Å²) < 4.78 is 1.31. The van der Waals surface area contributed by atoms with Crippen molar-refractivity contribution in [1.29, 1.82) is 0 Å². The lowest BCUT2D eigenvalue weighted by Crippen LogP contribution is -2.02. The SMILES string of the molecule is O=C(O)c1nn(-c2ccccc2Cl)c(-c2ccc(Cl)cc2)c1O. The van der Waals surface area contributed by atoms with Gasteiger partial charge in [0.15, 0.2) is 5.75 Å². The maximum absolute atomic E-state index is 11.3. The van der Waals surface area contributed by atoms with Crippen LogP contribution in [0.5, 0.6) is 5.75 Å². The molecule has 0 saturated carbocycles. The van der Waals surface area contributed by atoms with Gasteiger partial charge in [-0.25, -0.2) is 9.48 Å². The third-order valence-electron chi connectivity index (χ3n) is 3.26. The Bertz CT molecular complexity index is 889. The van der Waals surface area contributed by atoms with E-state index in [-0.39, 0.29) is 5.69 Å². The van der Waals surface area contributed by atoms with E-state index in [1.54, 1.807) is 48.5 Å². The van der Waals surface area contributed by atoms with Crippen molar-refractivity contribution in [2.75, 3.05) is 0 Å². The molecule has 0 unspecified atom stereocenters. The number of aromatic carboxylic acids is 1. The minimum absolute atomic E-state index is 0.229. The van der Waals surface area contributed by atoms with Crippen LogP contribution in [0, 0.1) is 0 Å². The number of nitrogens with zero attached hydrogens (tertiary/aromatic N) is 2. The van der Waals surface area contributed by atoms with E-state index < -0.39 is 17.4 Å². The van der Waals surface area contributed by atoms with Crippen LogP contribution in [-0.2, 0) is 0 Å². The molecule has 0 saturated heterocycles. The van der Waals surface area contributed by atoms with Gasteiger partial charge < -0.3 is 10.2 Å². The van der Waals surface area contributed by atoms with Gasteiger partial charge in [0.05, 0.1) is 10.7 Å². The second kappa shape index (κ2) is 5.95. The van der Waals surface area contributed by atoms with E-state index in [0.717, 1.165) is 0 Å². The molecule has 7 heteroatoms. The number of carboxylic acids is 1. The molecule has 1 aromatic heterocycles. The quantitative estimate of drug-likeness (QED) is 0.741. The smallest absolute Gasteiger partial charge is 0.360 e. The van der Waals surface area contributed by atoms with E-state index in [1.165, 1.54) is 4.68 Å². The molecule has 5 nitrogen and oxygen atoms in total. The molecule has 0 radical (unpaired) electrons. The monoisotopic (exact) mass is 348 g/mol. The third-order valence-corrected chi connectivity index (χ3v) is 3.83. The number of aromatic nitrogens is 2. The molecular formula is C16H10Cl2N2O3. The lowest BCUT2D eigenvalue weighted by molar-refractivity contribution is 0.0687. The summed E-state index contributed by atoms with van der Waals surface area (Å²) in [7, 11) is 0. The van der Waals surface area contributed by atoms with Crippen LogP contribution in [0.3, 0.4) is 0 Å². The van der Waals surface area contributed by atoms with Crippen molar-refractivity contribution in [2.24, 2.45) is 0 Å². The summed E-state index contributed by atoms with van der Waals surface area (Å²) in [5.41, 5.74) is 0.802. The molecule has 0 aliphatic rings. The van der Waals surface area contributed by atoms with Crippen LogP contribution in [0.4, 0.5) is 0 Å². The first-order valence-corrected chi connectivity index (χ1v) is 7.30. The summed E-state index contributed by atoms with van der Waals surface area (Å²) in [5, 5.41) is 24.4. The molecule has 0 aliphatic heterocycles. The fourth-order valence-electron chi connectivity index (χ4n) is 2.22. The van der Waals surface area contributed by atoms with Gasteiger partial charge >= 0.3 is 5.97 Å². The number of para-hydroxylation sites is 1. The van der Waals surface area contributed by atoms with Crippen molar-refractivity contribution >= 4 is 29.2 Å². The van der Waals surface area contributed by atoms with Gasteiger partial charge in [0.2, 0.25) is 5.69 Å². The minimum Gasteiger partial charge on any atom is -0.504 e. The largest absolute Gasteiger partial charge is 0.504 e. The highest BCUT2D eigenvalue weighted by atomic mass is 35.5. The van der Waals surface area contributed by atoms with E-state index in [4.69, 9.17) is 23.2 Å². The highest BCUT2D eigenvalue weighted by Gasteiger charge is 2.25. The van der Waals surface area contributed by atoms with E-state index in [2.05, 4.69) is 5.10 Å². The highest BCUT2D eigenvalue weighted by molar-refractivity contribution is 6.32. The lowest BCUT2D eigenvalue weighted by atomic mass is 10.1. The van der Waals surface area contributed by atoms with Gasteiger partial charge in [-0.15, -0.1) is 0 Å². The lowest BCUT2D eigenvalue weighted by Gasteiger charge is -2.09. The Morgan fingerprint density at radius 3 is 2.30 bits per heavy atom. The summed E-state index contributed by atoms with van der Waals surface area (Å²) in [4.78, 5) is 11.3. The van der Waals surface area contributed by atoms with Crippen LogP contribution >= 0.6 is 23.2 Å². The molecule has 0 fully saturated rings. The third kappa shape index (κ3) is 2.76. The summed E-state index contributed by atoms with van der Waals surface area (Å²) >= 11 is 12.1. The maximum Gasteiger partial charge on any atom is 0.360 e.